The number of carboxylic acids is 1. The third-order valence-corrected chi connectivity index (χ3v) is 5.01. The summed E-state index contributed by atoms with van der Waals surface area (Å²) in [7, 11) is 1.53. The Balaban J connectivity index is 1.93. The smallest absolute Gasteiger partial charge is 0.308 e. The average molecular weight is 293 g/mol. The third-order valence-electron chi connectivity index (χ3n) is 5.01. The van der Waals surface area contributed by atoms with Gasteiger partial charge in [0.1, 0.15) is 11.6 Å². The summed E-state index contributed by atoms with van der Waals surface area (Å²) in [5.74, 6) is -0.829. The van der Waals surface area contributed by atoms with Crippen molar-refractivity contribution in [1.29, 1.82) is 0 Å². The molecule has 4 nitrogen and oxygen atoms in total. The summed E-state index contributed by atoms with van der Waals surface area (Å²) in [6.07, 6.45) is 2.54. The SMILES string of the molecule is COc1cccc(F)c1C(C)N1C2CCC1C(C(=O)O)C2. The highest BCUT2D eigenvalue weighted by molar-refractivity contribution is 5.71. The summed E-state index contributed by atoms with van der Waals surface area (Å²) < 4.78 is 19.5. The van der Waals surface area contributed by atoms with Crippen LogP contribution in [0.1, 0.15) is 37.8 Å². The Kier molecular flexibility index (Phi) is 3.61. The lowest BCUT2D eigenvalue weighted by molar-refractivity contribution is -0.142. The van der Waals surface area contributed by atoms with Crippen molar-refractivity contribution in [3.8, 4) is 5.75 Å². The van der Waals surface area contributed by atoms with E-state index in [2.05, 4.69) is 4.90 Å². The zero-order valence-electron chi connectivity index (χ0n) is 12.3. The minimum absolute atomic E-state index is 0.00631. The molecule has 1 aromatic carbocycles. The van der Waals surface area contributed by atoms with Crippen LogP contribution in [0.4, 0.5) is 4.39 Å². The molecule has 0 aromatic heterocycles. The lowest BCUT2D eigenvalue weighted by Gasteiger charge is -2.31. The summed E-state index contributed by atoms with van der Waals surface area (Å²) >= 11 is 0. The van der Waals surface area contributed by atoms with Crippen LogP contribution < -0.4 is 4.74 Å². The van der Waals surface area contributed by atoms with Crippen molar-refractivity contribution in [2.24, 2.45) is 5.92 Å². The number of fused-ring (bicyclic) bond motifs is 2. The summed E-state index contributed by atoms with van der Waals surface area (Å²) in [4.78, 5) is 13.5. The molecule has 2 heterocycles. The molecule has 4 atom stereocenters. The lowest BCUT2D eigenvalue weighted by atomic mass is 9.89. The molecule has 2 aliphatic rings. The van der Waals surface area contributed by atoms with E-state index in [0.29, 0.717) is 17.7 Å². The van der Waals surface area contributed by atoms with Gasteiger partial charge in [-0.3, -0.25) is 9.69 Å². The highest BCUT2D eigenvalue weighted by atomic mass is 19.1. The van der Waals surface area contributed by atoms with Crippen LogP contribution in [0.2, 0.25) is 0 Å². The van der Waals surface area contributed by atoms with E-state index in [1.807, 2.05) is 6.92 Å². The number of carboxylic acid groups (broad SMARTS) is 1. The highest BCUT2D eigenvalue weighted by Gasteiger charge is 2.51. The van der Waals surface area contributed by atoms with Gasteiger partial charge in [-0.25, -0.2) is 4.39 Å². The number of ether oxygens (including phenoxy) is 1. The predicted octanol–water partition coefficient (Wildman–Crippen LogP) is 2.83. The third kappa shape index (κ3) is 2.20. The first-order valence-electron chi connectivity index (χ1n) is 7.37. The molecule has 0 aliphatic carbocycles. The quantitative estimate of drug-likeness (QED) is 0.927. The van der Waals surface area contributed by atoms with Crippen molar-refractivity contribution in [2.75, 3.05) is 7.11 Å². The van der Waals surface area contributed by atoms with Gasteiger partial charge >= 0.3 is 5.97 Å². The molecule has 3 rings (SSSR count). The zero-order valence-corrected chi connectivity index (χ0v) is 12.3. The van der Waals surface area contributed by atoms with Gasteiger partial charge in [0.15, 0.2) is 0 Å². The van der Waals surface area contributed by atoms with Gasteiger partial charge in [0.25, 0.3) is 0 Å². The molecule has 0 amide bonds. The van der Waals surface area contributed by atoms with Crippen LogP contribution >= 0.6 is 0 Å². The Morgan fingerprint density at radius 3 is 2.86 bits per heavy atom. The largest absolute Gasteiger partial charge is 0.496 e. The first-order chi connectivity index (χ1) is 10.0. The van der Waals surface area contributed by atoms with Crippen molar-refractivity contribution in [1.82, 2.24) is 4.90 Å². The van der Waals surface area contributed by atoms with E-state index in [-0.39, 0.29) is 29.9 Å². The second-order valence-corrected chi connectivity index (χ2v) is 5.96. The second kappa shape index (κ2) is 5.30. The van der Waals surface area contributed by atoms with Gasteiger partial charge in [0, 0.05) is 23.7 Å². The number of rotatable bonds is 4. The molecule has 2 aliphatic heterocycles. The van der Waals surface area contributed by atoms with Crippen LogP contribution in [0.15, 0.2) is 18.2 Å². The fraction of sp³-hybridized carbons (Fsp3) is 0.562. The molecular formula is C16H20FNO3. The first-order valence-corrected chi connectivity index (χ1v) is 7.37. The van der Waals surface area contributed by atoms with Crippen molar-refractivity contribution in [2.45, 2.75) is 44.3 Å². The van der Waals surface area contributed by atoms with Crippen molar-refractivity contribution in [3.63, 3.8) is 0 Å². The van der Waals surface area contributed by atoms with E-state index in [0.717, 1.165) is 12.8 Å². The molecule has 2 bridgehead atoms. The Hall–Kier alpha value is -1.62. The minimum atomic E-state index is -0.736. The Bertz CT molecular complexity index is 562. The van der Waals surface area contributed by atoms with Crippen LogP contribution in [-0.2, 0) is 4.79 Å². The maximum Gasteiger partial charge on any atom is 0.308 e. The molecule has 0 saturated carbocycles. The highest BCUT2D eigenvalue weighted by Crippen LogP contribution is 2.47. The van der Waals surface area contributed by atoms with Gasteiger partial charge in [-0.05, 0) is 38.3 Å². The van der Waals surface area contributed by atoms with E-state index in [1.165, 1.54) is 13.2 Å². The standard InChI is InChI=1S/C16H20FNO3/c1-9(15-12(17)4-3-5-14(15)21-2)18-10-6-7-13(18)11(8-10)16(19)20/h3-5,9-11,13H,6-8H2,1-2H3,(H,19,20). The average Bonchev–Trinajstić information content (AvgIpc) is 3.03. The molecule has 114 valence electrons. The van der Waals surface area contributed by atoms with E-state index in [4.69, 9.17) is 4.74 Å². The fourth-order valence-electron chi connectivity index (χ4n) is 4.15. The second-order valence-electron chi connectivity index (χ2n) is 5.96. The Labute approximate surface area is 123 Å². The normalized spacial score (nSPS) is 29.6. The maximum absolute atomic E-state index is 14.2. The van der Waals surface area contributed by atoms with Crippen molar-refractivity contribution in [3.05, 3.63) is 29.6 Å². The number of carbonyl (C=O) groups is 1. The number of benzene rings is 1. The Morgan fingerprint density at radius 1 is 1.48 bits per heavy atom. The molecule has 0 spiro atoms. The summed E-state index contributed by atoms with van der Waals surface area (Å²) in [5.41, 5.74) is 0.530. The molecule has 2 fully saturated rings. The van der Waals surface area contributed by atoms with E-state index in [1.54, 1.807) is 12.1 Å². The van der Waals surface area contributed by atoms with E-state index >= 15 is 0 Å². The molecule has 21 heavy (non-hydrogen) atoms. The number of halogens is 1. The van der Waals surface area contributed by atoms with Crippen LogP contribution in [0.3, 0.4) is 0 Å². The molecular weight excluding hydrogens is 273 g/mol. The number of aliphatic carboxylic acids is 1. The van der Waals surface area contributed by atoms with Gasteiger partial charge in [-0.1, -0.05) is 6.07 Å². The predicted molar refractivity (Wildman–Crippen MR) is 75.8 cm³/mol. The van der Waals surface area contributed by atoms with Crippen LogP contribution in [0, 0.1) is 11.7 Å². The molecule has 1 aromatic rings. The van der Waals surface area contributed by atoms with E-state index < -0.39 is 5.97 Å². The van der Waals surface area contributed by atoms with Crippen LogP contribution in [0.25, 0.3) is 0 Å². The molecule has 1 N–H and O–H groups in total. The lowest BCUT2D eigenvalue weighted by Crippen LogP contribution is -2.35. The van der Waals surface area contributed by atoms with Gasteiger partial charge < -0.3 is 9.84 Å². The van der Waals surface area contributed by atoms with Crippen molar-refractivity contribution >= 4 is 5.97 Å². The van der Waals surface area contributed by atoms with E-state index in [9.17, 15) is 14.3 Å². The Morgan fingerprint density at radius 2 is 2.24 bits per heavy atom. The van der Waals surface area contributed by atoms with Gasteiger partial charge in [0.05, 0.1) is 13.0 Å². The number of hydrogen-bond donors (Lipinski definition) is 1. The number of hydrogen-bond acceptors (Lipinski definition) is 3. The number of nitrogens with zero attached hydrogens (tertiary/aromatic N) is 1. The van der Waals surface area contributed by atoms with Gasteiger partial charge in [-0.2, -0.15) is 0 Å². The molecule has 0 radical (unpaired) electrons. The maximum atomic E-state index is 14.2. The topological polar surface area (TPSA) is 49.8 Å². The van der Waals surface area contributed by atoms with Gasteiger partial charge in [-0.15, -0.1) is 0 Å². The molecule has 4 unspecified atom stereocenters. The van der Waals surface area contributed by atoms with Crippen LogP contribution in [-0.4, -0.2) is 35.2 Å². The van der Waals surface area contributed by atoms with Crippen LogP contribution in [0.5, 0.6) is 5.75 Å². The summed E-state index contributed by atoms with van der Waals surface area (Å²) in [5, 5.41) is 9.34. The molecule has 2 saturated heterocycles. The first kappa shape index (κ1) is 14.3. The molecule has 5 heteroatoms. The monoisotopic (exact) mass is 293 g/mol. The fourth-order valence-corrected chi connectivity index (χ4v) is 4.15. The number of methoxy groups -OCH3 is 1. The summed E-state index contributed by atoms with van der Waals surface area (Å²) in [6, 6.07) is 4.87. The minimum Gasteiger partial charge on any atom is -0.496 e. The zero-order chi connectivity index (χ0) is 15.1. The summed E-state index contributed by atoms with van der Waals surface area (Å²) in [6.45, 7) is 1.94. The van der Waals surface area contributed by atoms with Crippen molar-refractivity contribution < 1.29 is 19.0 Å². The van der Waals surface area contributed by atoms with Gasteiger partial charge in [0.2, 0.25) is 0 Å².